The van der Waals surface area contributed by atoms with Gasteiger partial charge in [0.2, 0.25) is 0 Å². The first kappa shape index (κ1) is 29.1. The molecule has 0 aromatic heterocycles. The minimum atomic E-state index is -0.569. The number of aliphatic hydroxyl groups is 1. The van der Waals surface area contributed by atoms with Crippen molar-refractivity contribution >= 4 is 33.5 Å². The van der Waals surface area contributed by atoms with Gasteiger partial charge in [0, 0.05) is 30.8 Å². The summed E-state index contributed by atoms with van der Waals surface area (Å²) in [7, 11) is 3.04. The molecule has 8 nitrogen and oxygen atoms in total. The number of aliphatic hydroxyl groups excluding tert-OH is 1. The summed E-state index contributed by atoms with van der Waals surface area (Å²) >= 11 is 3.14. The van der Waals surface area contributed by atoms with Crippen LogP contribution in [0.15, 0.2) is 22.2 Å². The van der Waals surface area contributed by atoms with E-state index >= 15 is 4.39 Å². The zero-order chi connectivity index (χ0) is 28.5. The minimum Gasteiger partial charge on any atom is -0.494 e. The lowest BCUT2D eigenvalue weighted by Gasteiger charge is -2.35. The lowest BCUT2D eigenvalue weighted by Crippen LogP contribution is -2.36. The maximum Gasteiger partial charge on any atom is 0.197 e. The van der Waals surface area contributed by atoms with Gasteiger partial charge in [-0.3, -0.25) is 4.79 Å². The van der Waals surface area contributed by atoms with E-state index in [0.29, 0.717) is 61.8 Å². The fraction of sp³-hybridized carbons (Fsp3) is 0.517. The molecular formula is C29H37BrFN3O5. The lowest BCUT2D eigenvalue weighted by molar-refractivity contribution is 0.0962. The molecule has 0 unspecified atom stereocenters. The Morgan fingerprint density at radius 3 is 2.38 bits per heavy atom. The summed E-state index contributed by atoms with van der Waals surface area (Å²) in [6.45, 7) is 10.1. The maximum absolute atomic E-state index is 15.5. The Bertz CT molecular complexity index is 1270. The molecule has 0 saturated carbocycles. The van der Waals surface area contributed by atoms with Crippen molar-refractivity contribution in [3.63, 3.8) is 0 Å². The number of halogens is 2. The predicted octanol–water partition coefficient (Wildman–Crippen LogP) is 5.26. The minimum absolute atomic E-state index is 0.00109. The molecule has 4 rings (SSSR count). The van der Waals surface area contributed by atoms with E-state index < -0.39 is 5.82 Å². The van der Waals surface area contributed by atoms with Gasteiger partial charge in [0.1, 0.15) is 11.6 Å². The van der Waals surface area contributed by atoms with Crippen molar-refractivity contribution in [3.8, 4) is 17.2 Å². The summed E-state index contributed by atoms with van der Waals surface area (Å²) in [5.41, 5.74) is 2.98. The van der Waals surface area contributed by atoms with Crippen LogP contribution in [0.4, 0.5) is 10.1 Å². The average molecular weight is 607 g/mol. The number of rotatable bonds is 8. The summed E-state index contributed by atoms with van der Waals surface area (Å²) < 4.78 is 36.5. The Balaban J connectivity index is 1.70. The van der Waals surface area contributed by atoms with Gasteiger partial charge in [0.15, 0.2) is 23.1 Å². The molecule has 0 spiro atoms. The summed E-state index contributed by atoms with van der Waals surface area (Å²) in [5.74, 6) is 0.704. The number of ketones is 1. The fourth-order valence-electron chi connectivity index (χ4n) is 5.30. The Kier molecular flexibility index (Phi) is 8.75. The van der Waals surface area contributed by atoms with Crippen LogP contribution in [0.5, 0.6) is 17.2 Å². The van der Waals surface area contributed by atoms with Gasteiger partial charge in [-0.15, -0.1) is 0 Å². The van der Waals surface area contributed by atoms with Crippen molar-refractivity contribution in [1.29, 1.82) is 0 Å². The molecule has 10 heteroatoms. The summed E-state index contributed by atoms with van der Waals surface area (Å²) in [6.07, 6.45) is 0.990. The van der Waals surface area contributed by atoms with Crippen molar-refractivity contribution in [2.24, 2.45) is 4.02 Å². The average Bonchev–Trinajstić information content (AvgIpc) is 3.25. The van der Waals surface area contributed by atoms with Crippen LogP contribution in [0.3, 0.4) is 0 Å². The van der Waals surface area contributed by atoms with Crippen LogP contribution in [-0.4, -0.2) is 68.2 Å². The van der Waals surface area contributed by atoms with Crippen LogP contribution in [0, 0.1) is 5.82 Å². The zero-order valence-electron chi connectivity index (χ0n) is 23.4. The van der Waals surface area contributed by atoms with Gasteiger partial charge in [-0.2, -0.15) is 4.02 Å². The SMILES string of the molecule is CCOc1cc2c(c(F)c1OC)/C(=N/Br)N(CC(=O)c1cc(N3CCC(O)CC3)c(OC)c(C(C)(C)C)c1)C2. The molecule has 1 N–H and O–H groups in total. The number of piperidine rings is 1. The van der Waals surface area contributed by atoms with E-state index in [-0.39, 0.29) is 35.2 Å². The normalized spacial score (nSPS) is 17.0. The number of hydrogen-bond donors (Lipinski definition) is 1. The first-order valence-corrected chi connectivity index (χ1v) is 13.9. The van der Waals surface area contributed by atoms with E-state index in [1.807, 2.05) is 19.1 Å². The maximum atomic E-state index is 15.5. The van der Waals surface area contributed by atoms with E-state index in [4.69, 9.17) is 14.2 Å². The monoisotopic (exact) mass is 605 g/mol. The number of anilines is 1. The summed E-state index contributed by atoms with van der Waals surface area (Å²) in [4.78, 5) is 17.7. The zero-order valence-corrected chi connectivity index (χ0v) is 25.0. The Morgan fingerprint density at radius 2 is 1.82 bits per heavy atom. The molecule has 1 fully saturated rings. The summed E-state index contributed by atoms with van der Waals surface area (Å²) in [5, 5.41) is 10.0. The largest absolute Gasteiger partial charge is 0.494 e. The number of ether oxygens (including phenoxy) is 3. The van der Waals surface area contributed by atoms with E-state index in [1.54, 1.807) is 18.1 Å². The third kappa shape index (κ3) is 5.72. The number of nitrogens with zero attached hydrogens (tertiary/aromatic N) is 3. The lowest BCUT2D eigenvalue weighted by atomic mass is 9.84. The van der Waals surface area contributed by atoms with Gasteiger partial charge in [0.05, 0.1) is 60.9 Å². The van der Waals surface area contributed by atoms with Crippen molar-refractivity contribution in [2.45, 2.75) is 58.6 Å². The van der Waals surface area contributed by atoms with Crippen LogP contribution >= 0.6 is 16.1 Å². The smallest absolute Gasteiger partial charge is 0.197 e. The molecule has 2 aromatic carbocycles. The van der Waals surface area contributed by atoms with E-state index in [1.165, 1.54) is 7.11 Å². The van der Waals surface area contributed by atoms with Crippen LogP contribution in [-0.2, 0) is 12.0 Å². The van der Waals surface area contributed by atoms with Crippen molar-refractivity contribution in [3.05, 3.63) is 46.3 Å². The molecule has 0 amide bonds. The van der Waals surface area contributed by atoms with E-state index in [0.717, 1.165) is 17.0 Å². The van der Waals surface area contributed by atoms with Gasteiger partial charge >= 0.3 is 0 Å². The van der Waals surface area contributed by atoms with Gasteiger partial charge in [0.25, 0.3) is 0 Å². The Labute approximate surface area is 238 Å². The highest BCUT2D eigenvalue weighted by Gasteiger charge is 2.35. The number of amidine groups is 1. The van der Waals surface area contributed by atoms with Crippen LogP contribution in [0.1, 0.15) is 67.6 Å². The highest BCUT2D eigenvalue weighted by Crippen LogP contribution is 2.42. The molecular weight excluding hydrogens is 569 g/mol. The van der Waals surface area contributed by atoms with Crippen LogP contribution < -0.4 is 19.1 Å². The molecule has 212 valence electrons. The molecule has 2 aliphatic rings. The number of Topliss-reactive ketones (excluding diaryl/α,β-unsaturated/α-hetero) is 1. The molecule has 2 heterocycles. The molecule has 0 atom stereocenters. The predicted molar refractivity (Wildman–Crippen MR) is 153 cm³/mol. The van der Waals surface area contributed by atoms with Gasteiger partial charge in [-0.05, 0) is 48.9 Å². The number of hydrogen-bond acceptors (Lipinski definition) is 7. The molecule has 0 radical (unpaired) electrons. The molecule has 2 aliphatic heterocycles. The van der Waals surface area contributed by atoms with Gasteiger partial charge in [-0.1, -0.05) is 20.8 Å². The Hall–Kier alpha value is -2.85. The molecule has 2 aromatic rings. The van der Waals surface area contributed by atoms with Crippen molar-refractivity contribution in [2.75, 3.05) is 45.4 Å². The third-order valence-electron chi connectivity index (χ3n) is 7.28. The molecule has 0 aliphatic carbocycles. The molecule has 39 heavy (non-hydrogen) atoms. The van der Waals surface area contributed by atoms with Crippen molar-refractivity contribution < 1.29 is 28.5 Å². The fourth-order valence-corrected chi connectivity index (χ4v) is 5.70. The third-order valence-corrected chi connectivity index (χ3v) is 7.62. The van der Waals surface area contributed by atoms with Crippen LogP contribution in [0.2, 0.25) is 0 Å². The Morgan fingerprint density at radius 1 is 1.15 bits per heavy atom. The standard InChI is InChI=1S/C29H37BrFN3O5/c1-7-39-23-14-18-15-34(28(32-30)24(18)25(31)27(23)38-6)16-22(36)17-12-20(29(2,3)4)26(37-5)21(13-17)33-10-8-19(35)9-11-33/h12-14,19,35H,7-11,15-16H2,1-6H3/b32-28-. The van der Waals surface area contributed by atoms with Crippen LogP contribution in [0.25, 0.3) is 0 Å². The highest BCUT2D eigenvalue weighted by atomic mass is 79.9. The number of carbonyl (C=O) groups excluding carboxylic acids is 1. The topological polar surface area (TPSA) is 83.8 Å². The number of carbonyl (C=O) groups is 1. The number of benzene rings is 2. The molecule has 0 bridgehead atoms. The van der Waals surface area contributed by atoms with Crippen molar-refractivity contribution in [1.82, 2.24) is 4.90 Å². The second kappa shape index (κ2) is 11.7. The highest BCUT2D eigenvalue weighted by molar-refractivity contribution is 9.08. The van der Waals surface area contributed by atoms with Gasteiger partial charge < -0.3 is 29.1 Å². The summed E-state index contributed by atoms with van der Waals surface area (Å²) in [6, 6.07) is 5.52. The quantitative estimate of drug-likeness (QED) is 0.411. The first-order chi connectivity index (χ1) is 18.5. The first-order valence-electron chi connectivity index (χ1n) is 13.2. The second-order valence-corrected chi connectivity index (χ2v) is 11.3. The van der Waals surface area contributed by atoms with Gasteiger partial charge in [-0.25, -0.2) is 4.39 Å². The number of methoxy groups -OCH3 is 2. The second-order valence-electron chi connectivity index (χ2n) is 10.9. The van der Waals surface area contributed by atoms with E-state index in [2.05, 4.69) is 45.8 Å². The number of fused-ring (bicyclic) bond motifs is 1. The molecule has 1 saturated heterocycles. The van der Waals surface area contributed by atoms with E-state index in [9.17, 15) is 9.90 Å².